The molecule has 3 nitrogen and oxygen atoms in total. The van der Waals surface area contributed by atoms with Crippen molar-refractivity contribution >= 4 is 5.97 Å². The topological polar surface area (TPSA) is 57.5 Å². The van der Waals surface area contributed by atoms with Gasteiger partial charge in [-0.1, -0.05) is 12.1 Å². The third-order valence-corrected chi connectivity index (χ3v) is 1.13. The van der Waals surface area contributed by atoms with Gasteiger partial charge in [-0.15, -0.1) is 0 Å². The summed E-state index contributed by atoms with van der Waals surface area (Å²) < 4.78 is 0. The second kappa shape index (κ2) is 6.53. The number of hydrogen-bond acceptors (Lipinski definition) is 2. The SMILES string of the molecule is O=C(O)c1ccccc1O.[Cr].[H-].[Na+]. The smallest absolute Gasteiger partial charge is 1.00 e. The molecule has 0 aliphatic carbocycles. The molecule has 0 heterocycles. The third kappa shape index (κ3) is 3.62. The standard InChI is InChI=1S/C7H6O3.Cr.Na.H/c8-6-4-2-1-3-5(6)7(9)10;;;/h1-4,8H,(H,9,10);;;/q;;+1;-1. The zero-order valence-corrected chi connectivity index (χ0v) is 9.80. The summed E-state index contributed by atoms with van der Waals surface area (Å²) in [7, 11) is 0. The number of para-hydroxylation sites is 1. The zero-order chi connectivity index (χ0) is 7.56. The molecule has 1 rings (SSSR count). The van der Waals surface area contributed by atoms with Gasteiger partial charge in [-0.25, -0.2) is 4.79 Å². The van der Waals surface area contributed by atoms with E-state index < -0.39 is 5.97 Å². The fraction of sp³-hybridized carbons (Fsp3) is 0. The number of aromatic hydroxyl groups is 1. The summed E-state index contributed by atoms with van der Waals surface area (Å²) in [5.41, 5.74) is -0.0671. The van der Waals surface area contributed by atoms with E-state index in [2.05, 4.69) is 0 Å². The van der Waals surface area contributed by atoms with Crippen LogP contribution in [0, 0.1) is 0 Å². The van der Waals surface area contributed by atoms with Crippen molar-refractivity contribution in [2.24, 2.45) is 0 Å². The molecule has 0 saturated carbocycles. The van der Waals surface area contributed by atoms with Crippen LogP contribution in [0.1, 0.15) is 11.8 Å². The van der Waals surface area contributed by atoms with E-state index in [0.717, 1.165) is 0 Å². The zero-order valence-electron chi connectivity index (χ0n) is 7.52. The van der Waals surface area contributed by atoms with Crippen molar-refractivity contribution in [3.8, 4) is 5.75 Å². The van der Waals surface area contributed by atoms with Crippen LogP contribution in [-0.2, 0) is 17.4 Å². The molecular formula is C7H7CrNaO3. The molecule has 0 fully saturated rings. The van der Waals surface area contributed by atoms with Crippen LogP contribution in [0.3, 0.4) is 0 Å². The number of carboxylic acids is 1. The van der Waals surface area contributed by atoms with E-state index in [9.17, 15) is 4.79 Å². The Kier molecular flexibility index (Phi) is 7.91. The summed E-state index contributed by atoms with van der Waals surface area (Å²) in [6.45, 7) is 0. The van der Waals surface area contributed by atoms with Crippen molar-refractivity contribution in [1.82, 2.24) is 0 Å². The second-order valence-electron chi connectivity index (χ2n) is 1.82. The maximum Gasteiger partial charge on any atom is 1.00 e. The Labute approximate surface area is 104 Å². The van der Waals surface area contributed by atoms with Gasteiger partial charge in [0.25, 0.3) is 0 Å². The molecule has 0 spiro atoms. The Morgan fingerprint density at radius 3 is 2.17 bits per heavy atom. The fourth-order valence-corrected chi connectivity index (χ4v) is 0.654. The molecule has 0 radical (unpaired) electrons. The Morgan fingerprint density at radius 2 is 1.83 bits per heavy atom. The molecule has 0 bridgehead atoms. The molecule has 0 atom stereocenters. The molecule has 0 amide bonds. The molecule has 12 heavy (non-hydrogen) atoms. The van der Waals surface area contributed by atoms with Crippen molar-refractivity contribution in [3.63, 3.8) is 0 Å². The van der Waals surface area contributed by atoms with E-state index in [1.807, 2.05) is 0 Å². The number of carbonyl (C=O) groups is 1. The molecule has 1 aromatic carbocycles. The number of benzene rings is 1. The van der Waals surface area contributed by atoms with E-state index in [-0.39, 0.29) is 59.7 Å². The quantitative estimate of drug-likeness (QED) is 0.542. The van der Waals surface area contributed by atoms with Crippen LogP contribution in [-0.4, -0.2) is 16.2 Å². The van der Waals surface area contributed by atoms with Gasteiger partial charge < -0.3 is 11.6 Å². The first-order valence-corrected chi connectivity index (χ1v) is 2.73. The van der Waals surface area contributed by atoms with Gasteiger partial charge in [-0.05, 0) is 12.1 Å². The van der Waals surface area contributed by atoms with Crippen molar-refractivity contribution in [1.29, 1.82) is 0 Å². The Bertz CT molecular complexity index is 270. The largest absolute Gasteiger partial charge is 1.00 e. The van der Waals surface area contributed by atoms with Gasteiger partial charge in [0.05, 0.1) is 0 Å². The minimum atomic E-state index is -1.11. The molecule has 0 aliphatic heterocycles. The van der Waals surface area contributed by atoms with Crippen LogP contribution in [0.25, 0.3) is 0 Å². The molecule has 0 aromatic heterocycles. The van der Waals surface area contributed by atoms with Gasteiger partial charge in [-0.2, -0.15) is 0 Å². The third-order valence-electron chi connectivity index (χ3n) is 1.13. The van der Waals surface area contributed by atoms with E-state index in [1.165, 1.54) is 12.1 Å². The van der Waals surface area contributed by atoms with Gasteiger partial charge in [0.2, 0.25) is 0 Å². The van der Waals surface area contributed by atoms with Gasteiger partial charge in [0.15, 0.2) is 0 Å². The van der Waals surface area contributed by atoms with Crippen molar-refractivity contribution in [2.75, 3.05) is 0 Å². The van der Waals surface area contributed by atoms with Crippen LogP contribution in [0.4, 0.5) is 0 Å². The Hall–Kier alpha value is 0.0225. The van der Waals surface area contributed by atoms with Crippen LogP contribution >= 0.6 is 0 Å². The summed E-state index contributed by atoms with van der Waals surface area (Å²) in [6.07, 6.45) is 0. The molecule has 1 aromatic rings. The molecule has 0 saturated heterocycles. The predicted molar refractivity (Wildman–Crippen MR) is 36.2 cm³/mol. The minimum Gasteiger partial charge on any atom is -1.00 e. The fourth-order valence-electron chi connectivity index (χ4n) is 0.654. The first-order valence-electron chi connectivity index (χ1n) is 2.73. The Morgan fingerprint density at radius 1 is 1.33 bits per heavy atom. The van der Waals surface area contributed by atoms with E-state index in [4.69, 9.17) is 10.2 Å². The second-order valence-corrected chi connectivity index (χ2v) is 1.82. The number of phenols is 1. The maximum absolute atomic E-state index is 10.3. The normalized spacial score (nSPS) is 7.67. The van der Waals surface area contributed by atoms with Gasteiger partial charge in [0.1, 0.15) is 11.3 Å². The van der Waals surface area contributed by atoms with E-state index in [0.29, 0.717) is 0 Å². The van der Waals surface area contributed by atoms with Gasteiger partial charge in [-0.3, -0.25) is 0 Å². The first kappa shape index (κ1) is 14.5. The van der Waals surface area contributed by atoms with Crippen molar-refractivity contribution in [3.05, 3.63) is 29.8 Å². The van der Waals surface area contributed by atoms with Crippen LogP contribution in [0.2, 0.25) is 0 Å². The number of hydrogen-bond donors (Lipinski definition) is 2. The Balaban J connectivity index is -0.000000333. The van der Waals surface area contributed by atoms with Gasteiger partial charge >= 0.3 is 35.5 Å². The molecular weight excluding hydrogens is 207 g/mol. The molecule has 0 unspecified atom stereocenters. The minimum absolute atomic E-state index is 0. The van der Waals surface area contributed by atoms with E-state index >= 15 is 0 Å². The summed E-state index contributed by atoms with van der Waals surface area (Å²) in [6, 6.07) is 5.81. The van der Waals surface area contributed by atoms with Crippen molar-refractivity contribution < 1.29 is 63.4 Å². The van der Waals surface area contributed by atoms with Crippen LogP contribution in [0.15, 0.2) is 24.3 Å². The van der Waals surface area contributed by atoms with E-state index in [1.54, 1.807) is 12.1 Å². The number of aromatic carboxylic acids is 1. The summed E-state index contributed by atoms with van der Waals surface area (Å²) in [4.78, 5) is 10.3. The van der Waals surface area contributed by atoms with Crippen molar-refractivity contribution in [2.45, 2.75) is 0 Å². The number of carboxylic acid groups (broad SMARTS) is 1. The average molecular weight is 214 g/mol. The summed E-state index contributed by atoms with van der Waals surface area (Å²) in [5, 5.41) is 17.3. The van der Waals surface area contributed by atoms with Crippen LogP contribution in [0.5, 0.6) is 5.75 Å². The average Bonchev–Trinajstić information content (AvgIpc) is 1.88. The predicted octanol–water partition coefficient (Wildman–Crippen LogP) is -1.80. The van der Waals surface area contributed by atoms with Gasteiger partial charge in [0, 0.05) is 17.4 Å². The monoisotopic (exact) mass is 214 g/mol. The molecule has 5 heteroatoms. The maximum atomic E-state index is 10.3. The molecule has 60 valence electrons. The molecule has 2 N–H and O–H groups in total. The van der Waals surface area contributed by atoms with Crippen LogP contribution < -0.4 is 29.6 Å². The summed E-state index contributed by atoms with van der Waals surface area (Å²) >= 11 is 0. The summed E-state index contributed by atoms with van der Waals surface area (Å²) in [5.74, 6) is -1.31. The first-order chi connectivity index (χ1) is 4.72. The number of rotatable bonds is 1. The molecule has 0 aliphatic rings.